The standard InChI is InChI=1S/C28H33NO5/c1-32-26-17-22(24(28(30)31)18-27(26)33-2)16-23(25-9-6-14-34-25)15-20-10-12-29(13-11-20)19-21-7-4-3-5-8-21/h3-9,14,17-18,20,23H,10-13,15-16,19H2,1-2H3,(H,30,31). The van der Waals surface area contributed by atoms with Crippen molar-refractivity contribution in [3.8, 4) is 11.5 Å². The largest absolute Gasteiger partial charge is 0.493 e. The second-order valence-corrected chi connectivity index (χ2v) is 9.03. The molecule has 4 rings (SSSR count). The van der Waals surface area contributed by atoms with Gasteiger partial charge in [0.15, 0.2) is 11.5 Å². The molecular formula is C28H33NO5. The average Bonchev–Trinajstić information content (AvgIpc) is 3.40. The third kappa shape index (κ3) is 5.81. The summed E-state index contributed by atoms with van der Waals surface area (Å²) in [5.41, 5.74) is 2.32. The summed E-state index contributed by atoms with van der Waals surface area (Å²) < 4.78 is 16.6. The lowest BCUT2D eigenvalue weighted by Crippen LogP contribution is -2.33. The summed E-state index contributed by atoms with van der Waals surface area (Å²) in [6.07, 6.45) is 5.47. The molecule has 0 spiro atoms. The van der Waals surface area contributed by atoms with E-state index in [1.54, 1.807) is 25.5 Å². The molecular weight excluding hydrogens is 430 g/mol. The smallest absolute Gasteiger partial charge is 0.336 e. The number of hydrogen-bond acceptors (Lipinski definition) is 5. The first kappa shape index (κ1) is 23.9. The van der Waals surface area contributed by atoms with Gasteiger partial charge >= 0.3 is 5.97 Å². The number of likely N-dealkylation sites (tertiary alicyclic amines) is 1. The van der Waals surface area contributed by atoms with Crippen LogP contribution in [0.5, 0.6) is 11.5 Å². The van der Waals surface area contributed by atoms with E-state index in [-0.39, 0.29) is 11.5 Å². The lowest BCUT2D eigenvalue weighted by molar-refractivity contribution is 0.0695. The summed E-state index contributed by atoms with van der Waals surface area (Å²) in [6.45, 7) is 3.13. The van der Waals surface area contributed by atoms with Crippen LogP contribution in [-0.4, -0.2) is 43.3 Å². The summed E-state index contributed by atoms with van der Waals surface area (Å²) in [4.78, 5) is 14.5. The van der Waals surface area contributed by atoms with Crippen molar-refractivity contribution < 1.29 is 23.8 Å². The monoisotopic (exact) mass is 463 g/mol. The zero-order chi connectivity index (χ0) is 23.9. The predicted octanol–water partition coefficient (Wildman–Crippen LogP) is 5.62. The fourth-order valence-corrected chi connectivity index (χ4v) is 5.00. The Bertz CT molecular complexity index is 1060. The lowest BCUT2D eigenvalue weighted by Gasteiger charge is -2.33. The van der Waals surface area contributed by atoms with Crippen molar-refractivity contribution in [3.63, 3.8) is 0 Å². The van der Waals surface area contributed by atoms with E-state index in [9.17, 15) is 9.90 Å². The number of ether oxygens (including phenoxy) is 2. The van der Waals surface area contributed by atoms with Crippen molar-refractivity contribution in [2.24, 2.45) is 5.92 Å². The number of nitrogens with zero attached hydrogens (tertiary/aromatic N) is 1. The van der Waals surface area contributed by atoms with Gasteiger partial charge in [0.2, 0.25) is 0 Å². The summed E-state index contributed by atoms with van der Waals surface area (Å²) in [5.74, 6) is 1.55. The molecule has 0 saturated carbocycles. The van der Waals surface area contributed by atoms with Crippen LogP contribution in [0.15, 0.2) is 65.3 Å². The van der Waals surface area contributed by atoms with Gasteiger partial charge in [-0.25, -0.2) is 4.79 Å². The fourth-order valence-electron chi connectivity index (χ4n) is 5.00. The van der Waals surface area contributed by atoms with Gasteiger partial charge in [-0.15, -0.1) is 0 Å². The first-order valence-corrected chi connectivity index (χ1v) is 11.8. The van der Waals surface area contributed by atoms with Gasteiger partial charge in [-0.3, -0.25) is 4.90 Å². The Balaban J connectivity index is 1.47. The molecule has 1 N–H and O–H groups in total. The predicted molar refractivity (Wildman–Crippen MR) is 131 cm³/mol. The molecule has 0 radical (unpaired) electrons. The second-order valence-electron chi connectivity index (χ2n) is 9.03. The van der Waals surface area contributed by atoms with E-state index in [1.165, 1.54) is 12.7 Å². The maximum absolute atomic E-state index is 12.0. The van der Waals surface area contributed by atoms with Crippen molar-refractivity contribution in [2.45, 2.75) is 38.1 Å². The summed E-state index contributed by atoms with van der Waals surface area (Å²) in [6, 6.07) is 17.8. The topological polar surface area (TPSA) is 72.1 Å². The van der Waals surface area contributed by atoms with E-state index in [0.717, 1.165) is 50.2 Å². The van der Waals surface area contributed by atoms with Gasteiger partial charge in [0.25, 0.3) is 0 Å². The van der Waals surface area contributed by atoms with Crippen LogP contribution >= 0.6 is 0 Å². The molecule has 3 aromatic rings. The molecule has 1 aliphatic rings. The number of piperidine rings is 1. The molecule has 2 heterocycles. The molecule has 6 heteroatoms. The highest BCUT2D eigenvalue weighted by molar-refractivity contribution is 5.90. The molecule has 1 saturated heterocycles. The van der Waals surface area contributed by atoms with E-state index in [4.69, 9.17) is 13.9 Å². The summed E-state index contributed by atoms with van der Waals surface area (Å²) >= 11 is 0. The molecule has 34 heavy (non-hydrogen) atoms. The van der Waals surface area contributed by atoms with Crippen LogP contribution in [0.25, 0.3) is 0 Å². The third-order valence-electron chi connectivity index (χ3n) is 6.83. The normalized spacial score (nSPS) is 15.7. The Morgan fingerprint density at radius 2 is 1.76 bits per heavy atom. The average molecular weight is 464 g/mol. The number of furan rings is 1. The van der Waals surface area contributed by atoms with E-state index < -0.39 is 5.97 Å². The minimum Gasteiger partial charge on any atom is -0.493 e. The molecule has 1 fully saturated rings. The van der Waals surface area contributed by atoms with Gasteiger partial charge in [-0.05, 0) is 80.1 Å². The lowest BCUT2D eigenvalue weighted by atomic mass is 9.82. The Morgan fingerprint density at radius 3 is 2.38 bits per heavy atom. The highest BCUT2D eigenvalue weighted by Crippen LogP contribution is 2.37. The van der Waals surface area contributed by atoms with Crippen LogP contribution < -0.4 is 9.47 Å². The number of aromatic carboxylic acids is 1. The van der Waals surface area contributed by atoms with Crippen molar-refractivity contribution in [1.82, 2.24) is 4.90 Å². The van der Waals surface area contributed by atoms with Gasteiger partial charge in [-0.1, -0.05) is 30.3 Å². The Morgan fingerprint density at radius 1 is 1.06 bits per heavy atom. The quantitative estimate of drug-likeness (QED) is 0.421. The highest BCUT2D eigenvalue weighted by atomic mass is 16.5. The van der Waals surface area contributed by atoms with Crippen LogP contribution in [0.1, 0.15) is 52.4 Å². The van der Waals surface area contributed by atoms with Crippen LogP contribution in [0.3, 0.4) is 0 Å². The molecule has 1 aromatic heterocycles. The Kier molecular flexibility index (Phi) is 7.91. The SMILES string of the molecule is COc1cc(CC(CC2CCN(Cc3ccccc3)CC2)c2ccco2)c(C(=O)O)cc1OC. The van der Waals surface area contributed by atoms with E-state index in [0.29, 0.717) is 23.8 Å². The molecule has 1 atom stereocenters. The molecule has 2 aromatic carbocycles. The number of carboxylic acid groups (broad SMARTS) is 1. The van der Waals surface area contributed by atoms with Gasteiger partial charge in [-0.2, -0.15) is 0 Å². The zero-order valence-corrected chi connectivity index (χ0v) is 19.9. The second kappa shape index (κ2) is 11.3. The molecule has 0 bridgehead atoms. The van der Waals surface area contributed by atoms with Crippen molar-refractivity contribution >= 4 is 5.97 Å². The molecule has 180 valence electrons. The van der Waals surface area contributed by atoms with Crippen LogP contribution in [0, 0.1) is 5.92 Å². The molecule has 1 unspecified atom stereocenters. The minimum absolute atomic E-state index is 0.0943. The molecule has 6 nitrogen and oxygen atoms in total. The van der Waals surface area contributed by atoms with Gasteiger partial charge in [0.1, 0.15) is 5.76 Å². The van der Waals surface area contributed by atoms with Crippen molar-refractivity contribution in [1.29, 1.82) is 0 Å². The molecule has 1 aliphatic heterocycles. The first-order chi connectivity index (χ1) is 16.6. The number of rotatable bonds is 10. The van der Waals surface area contributed by atoms with E-state index in [1.807, 2.05) is 12.1 Å². The maximum Gasteiger partial charge on any atom is 0.336 e. The van der Waals surface area contributed by atoms with Crippen molar-refractivity contribution in [2.75, 3.05) is 27.3 Å². The van der Waals surface area contributed by atoms with Gasteiger partial charge in [0.05, 0.1) is 26.0 Å². The van der Waals surface area contributed by atoms with Crippen LogP contribution in [0.4, 0.5) is 0 Å². The van der Waals surface area contributed by atoms with Gasteiger partial charge in [0, 0.05) is 12.5 Å². The maximum atomic E-state index is 12.0. The summed E-state index contributed by atoms with van der Waals surface area (Å²) in [5, 5.41) is 9.84. The number of hydrogen-bond donors (Lipinski definition) is 1. The number of methoxy groups -OCH3 is 2. The Labute approximate surface area is 201 Å². The van der Waals surface area contributed by atoms with Crippen molar-refractivity contribution in [3.05, 3.63) is 83.3 Å². The number of carboxylic acids is 1. The van der Waals surface area contributed by atoms with Crippen LogP contribution in [0.2, 0.25) is 0 Å². The highest BCUT2D eigenvalue weighted by Gasteiger charge is 2.27. The van der Waals surface area contributed by atoms with E-state index >= 15 is 0 Å². The minimum atomic E-state index is -0.969. The molecule has 0 aliphatic carbocycles. The molecule has 0 amide bonds. The Hall–Kier alpha value is -3.25. The van der Waals surface area contributed by atoms with E-state index in [2.05, 4.69) is 35.2 Å². The first-order valence-electron chi connectivity index (χ1n) is 11.8. The van der Waals surface area contributed by atoms with Crippen LogP contribution in [-0.2, 0) is 13.0 Å². The summed E-state index contributed by atoms with van der Waals surface area (Å²) in [7, 11) is 3.08. The fraction of sp³-hybridized carbons (Fsp3) is 0.393. The zero-order valence-electron chi connectivity index (χ0n) is 19.9. The third-order valence-corrected chi connectivity index (χ3v) is 6.83. The number of benzene rings is 2. The van der Waals surface area contributed by atoms with Gasteiger partial charge < -0.3 is 19.0 Å². The number of carbonyl (C=O) groups is 1.